The number of nitrogens with one attached hydrogen (secondary N) is 1. The molecule has 2 nitrogen and oxygen atoms in total. The Kier molecular flexibility index (Phi) is 3.87. The monoisotopic (exact) mass is 272 g/mol. The molecule has 1 aromatic rings. The third-order valence-electron chi connectivity index (χ3n) is 5.12. The Labute approximate surface area is 123 Å². The van der Waals surface area contributed by atoms with Gasteiger partial charge in [-0.3, -0.25) is 4.90 Å². The Morgan fingerprint density at radius 2 is 1.80 bits per heavy atom. The molecule has 0 aromatic heterocycles. The van der Waals surface area contributed by atoms with Gasteiger partial charge in [-0.2, -0.15) is 0 Å². The first-order valence-corrected chi connectivity index (χ1v) is 8.10. The summed E-state index contributed by atoms with van der Waals surface area (Å²) >= 11 is 0. The lowest BCUT2D eigenvalue weighted by Crippen LogP contribution is -2.60. The van der Waals surface area contributed by atoms with Gasteiger partial charge in [-0.15, -0.1) is 0 Å². The molecule has 0 amide bonds. The van der Waals surface area contributed by atoms with Gasteiger partial charge in [0.25, 0.3) is 0 Å². The van der Waals surface area contributed by atoms with Gasteiger partial charge in [0.15, 0.2) is 0 Å². The van der Waals surface area contributed by atoms with Gasteiger partial charge in [0, 0.05) is 31.2 Å². The molecular weight excluding hydrogens is 244 g/mol. The quantitative estimate of drug-likeness (QED) is 0.885. The Balaban J connectivity index is 1.80. The molecule has 1 N–H and O–H groups in total. The molecule has 2 aliphatic rings. The summed E-state index contributed by atoms with van der Waals surface area (Å²) in [6, 6.07) is 13.0. The zero-order chi connectivity index (χ0) is 14.2. The van der Waals surface area contributed by atoms with Gasteiger partial charge in [-0.05, 0) is 23.8 Å². The largest absolute Gasteiger partial charge is 0.310 e. The summed E-state index contributed by atoms with van der Waals surface area (Å²) in [5.74, 6) is 0. The van der Waals surface area contributed by atoms with Gasteiger partial charge in [-0.1, -0.05) is 57.5 Å². The van der Waals surface area contributed by atoms with Crippen LogP contribution in [-0.4, -0.2) is 30.1 Å². The van der Waals surface area contributed by atoms with Crippen molar-refractivity contribution in [2.24, 2.45) is 5.41 Å². The van der Waals surface area contributed by atoms with Gasteiger partial charge < -0.3 is 5.32 Å². The predicted octanol–water partition coefficient (Wildman–Crippen LogP) is 3.60. The van der Waals surface area contributed by atoms with E-state index in [1.807, 2.05) is 0 Å². The van der Waals surface area contributed by atoms with Gasteiger partial charge in [0.1, 0.15) is 0 Å². The van der Waals surface area contributed by atoms with E-state index in [1.165, 1.54) is 31.4 Å². The highest BCUT2D eigenvalue weighted by Gasteiger charge is 2.39. The summed E-state index contributed by atoms with van der Waals surface area (Å²) in [5.41, 5.74) is 1.81. The Bertz CT molecular complexity index is 430. The average Bonchev–Trinajstić information content (AvgIpc) is 2.37. The first kappa shape index (κ1) is 14.1. The van der Waals surface area contributed by atoms with Crippen molar-refractivity contribution in [2.75, 3.05) is 13.1 Å². The van der Waals surface area contributed by atoms with Crippen LogP contribution < -0.4 is 5.32 Å². The molecule has 110 valence electrons. The highest BCUT2D eigenvalue weighted by molar-refractivity contribution is 5.21. The molecule has 0 radical (unpaired) electrons. The molecular formula is C18H28N2. The minimum atomic E-state index is 0.337. The van der Waals surface area contributed by atoms with Crippen molar-refractivity contribution >= 4 is 0 Å². The third kappa shape index (κ3) is 2.77. The molecule has 3 rings (SSSR count). The lowest BCUT2D eigenvalue weighted by Gasteiger charge is -2.50. The molecule has 0 spiro atoms. The molecule has 2 atom stereocenters. The van der Waals surface area contributed by atoms with E-state index in [4.69, 9.17) is 0 Å². The molecule has 2 fully saturated rings. The zero-order valence-corrected chi connectivity index (χ0v) is 13.1. The summed E-state index contributed by atoms with van der Waals surface area (Å²) in [6.45, 7) is 9.33. The standard InChI is InChI=1S/C18H28N2/c1-18(2,3)17-13-20(15-10-7-11-15)16(12-19-17)14-8-5-4-6-9-14/h4-6,8-9,15-17,19H,7,10-13H2,1-3H3. The Morgan fingerprint density at radius 1 is 1.10 bits per heavy atom. The molecule has 0 bridgehead atoms. The number of nitrogens with zero attached hydrogens (tertiary/aromatic N) is 1. The Hall–Kier alpha value is -0.860. The number of hydrogen-bond donors (Lipinski definition) is 1. The number of piperazine rings is 1. The summed E-state index contributed by atoms with van der Waals surface area (Å²) in [5, 5.41) is 3.80. The number of rotatable bonds is 2. The van der Waals surface area contributed by atoms with Gasteiger partial charge in [0.2, 0.25) is 0 Å². The first-order chi connectivity index (χ1) is 9.55. The van der Waals surface area contributed by atoms with E-state index in [1.54, 1.807) is 0 Å². The summed E-state index contributed by atoms with van der Waals surface area (Å²) < 4.78 is 0. The van der Waals surface area contributed by atoms with Crippen molar-refractivity contribution in [3.05, 3.63) is 35.9 Å². The smallest absolute Gasteiger partial charge is 0.0476 e. The van der Waals surface area contributed by atoms with E-state index >= 15 is 0 Å². The predicted molar refractivity (Wildman–Crippen MR) is 84.8 cm³/mol. The maximum absolute atomic E-state index is 3.80. The molecule has 2 unspecified atom stereocenters. The van der Waals surface area contributed by atoms with Crippen LogP contribution in [0.3, 0.4) is 0 Å². The van der Waals surface area contributed by atoms with Crippen molar-refractivity contribution in [2.45, 2.75) is 58.2 Å². The van der Waals surface area contributed by atoms with Crippen molar-refractivity contribution in [3.8, 4) is 0 Å². The Morgan fingerprint density at radius 3 is 2.35 bits per heavy atom. The van der Waals surface area contributed by atoms with Gasteiger partial charge >= 0.3 is 0 Å². The van der Waals surface area contributed by atoms with Crippen LogP contribution in [0.25, 0.3) is 0 Å². The molecule has 1 aliphatic carbocycles. The van der Waals surface area contributed by atoms with Gasteiger partial charge in [-0.25, -0.2) is 0 Å². The van der Waals surface area contributed by atoms with E-state index in [-0.39, 0.29) is 0 Å². The SMILES string of the molecule is CC(C)(C)C1CN(C2CCC2)C(c2ccccc2)CN1. The van der Waals surface area contributed by atoms with Crippen molar-refractivity contribution in [1.29, 1.82) is 0 Å². The van der Waals surface area contributed by atoms with Crippen LogP contribution in [-0.2, 0) is 0 Å². The highest BCUT2D eigenvalue weighted by atomic mass is 15.3. The average molecular weight is 272 g/mol. The highest BCUT2D eigenvalue weighted by Crippen LogP contribution is 2.36. The maximum Gasteiger partial charge on any atom is 0.0476 e. The minimum Gasteiger partial charge on any atom is -0.310 e. The van der Waals surface area contributed by atoms with Crippen LogP contribution in [0.15, 0.2) is 30.3 Å². The molecule has 2 heteroatoms. The molecule has 20 heavy (non-hydrogen) atoms. The van der Waals surface area contributed by atoms with E-state index in [0.717, 1.165) is 12.6 Å². The van der Waals surface area contributed by atoms with Crippen molar-refractivity contribution < 1.29 is 0 Å². The van der Waals surface area contributed by atoms with Crippen LogP contribution in [0.1, 0.15) is 51.6 Å². The van der Waals surface area contributed by atoms with Crippen molar-refractivity contribution in [3.63, 3.8) is 0 Å². The zero-order valence-electron chi connectivity index (χ0n) is 13.1. The number of hydrogen-bond acceptors (Lipinski definition) is 2. The van der Waals surface area contributed by atoms with Crippen LogP contribution in [0.5, 0.6) is 0 Å². The molecule has 1 saturated heterocycles. The fourth-order valence-electron chi connectivity index (χ4n) is 3.46. The maximum atomic E-state index is 3.80. The lowest BCUT2D eigenvalue weighted by molar-refractivity contribution is 0.0185. The summed E-state index contributed by atoms with van der Waals surface area (Å²) in [4.78, 5) is 2.78. The fourth-order valence-corrected chi connectivity index (χ4v) is 3.46. The number of benzene rings is 1. The molecule has 1 heterocycles. The fraction of sp³-hybridized carbons (Fsp3) is 0.667. The van der Waals surface area contributed by atoms with Crippen molar-refractivity contribution in [1.82, 2.24) is 10.2 Å². The topological polar surface area (TPSA) is 15.3 Å². The molecule has 1 saturated carbocycles. The summed E-state index contributed by atoms with van der Waals surface area (Å²) in [7, 11) is 0. The second kappa shape index (κ2) is 5.50. The van der Waals surface area contributed by atoms with Crippen LogP contribution in [0.4, 0.5) is 0 Å². The van der Waals surface area contributed by atoms with E-state index in [9.17, 15) is 0 Å². The van der Waals surface area contributed by atoms with Crippen LogP contribution in [0, 0.1) is 5.41 Å². The summed E-state index contributed by atoms with van der Waals surface area (Å²) in [6.07, 6.45) is 4.19. The molecule has 1 aromatic carbocycles. The lowest BCUT2D eigenvalue weighted by atomic mass is 9.81. The third-order valence-corrected chi connectivity index (χ3v) is 5.12. The first-order valence-electron chi connectivity index (χ1n) is 8.10. The van der Waals surface area contributed by atoms with E-state index in [0.29, 0.717) is 17.5 Å². The van der Waals surface area contributed by atoms with E-state index < -0.39 is 0 Å². The van der Waals surface area contributed by atoms with E-state index in [2.05, 4.69) is 61.3 Å². The molecule has 1 aliphatic heterocycles. The van der Waals surface area contributed by atoms with Gasteiger partial charge in [0.05, 0.1) is 0 Å². The van der Waals surface area contributed by atoms with Crippen LogP contribution in [0.2, 0.25) is 0 Å². The normalized spacial score (nSPS) is 29.1. The van der Waals surface area contributed by atoms with Crippen LogP contribution >= 0.6 is 0 Å². The second-order valence-electron chi connectivity index (χ2n) is 7.53. The second-order valence-corrected chi connectivity index (χ2v) is 7.53. The minimum absolute atomic E-state index is 0.337.